The lowest BCUT2D eigenvalue weighted by atomic mass is 10.1. The third-order valence-corrected chi connectivity index (χ3v) is 5.01. The highest BCUT2D eigenvalue weighted by atomic mass is 32.1. The van der Waals surface area contributed by atoms with Crippen LogP contribution in [-0.2, 0) is 6.42 Å². The summed E-state index contributed by atoms with van der Waals surface area (Å²) >= 11 is 1.87. The van der Waals surface area contributed by atoms with Crippen molar-refractivity contribution in [2.45, 2.75) is 90.5 Å². The molecule has 0 saturated heterocycles. The van der Waals surface area contributed by atoms with Crippen LogP contribution < -0.4 is 5.32 Å². The fourth-order valence-electron chi connectivity index (χ4n) is 2.76. The van der Waals surface area contributed by atoms with Crippen molar-refractivity contribution in [2.75, 3.05) is 6.54 Å². The quantitative estimate of drug-likeness (QED) is 0.404. The molecule has 1 atom stereocenters. The number of thiophene rings is 1. The molecule has 1 aromatic rings. The van der Waals surface area contributed by atoms with Crippen LogP contribution in [0, 0.1) is 0 Å². The highest BCUT2D eigenvalue weighted by Crippen LogP contribution is 2.12. The molecule has 21 heavy (non-hydrogen) atoms. The first-order valence-electron chi connectivity index (χ1n) is 9.08. The van der Waals surface area contributed by atoms with Crippen molar-refractivity contribution < 1.29 is 0 Å². The Balaban J connectivity index is 1.80. The maximum absolute atomic E-state index is 3.65. The van der Waals surface area contributed by atoms with E-state index >= 15 is 0 Å². The Morgan fingerprint density at radius 2 is 1.57 bits per heavy atom. The highest BCUT2D eigenvalue weighted by molar-refractivity contribution is 7.09. The lowest BCUT2D eigenvalue weighted by Crippen LogP contribution is -2.28. The molecule has 0 radical (unpaired) electrons. The zero-order valence-corrected chi connectivity index (χ0v) is 15.0. The molecule has 0 bridgehead atoms. The molecule has 122 valence electrons. The molecule has 2 heteroatoms. The summed E-state index contributed by atoms with van der Waals surface area (Å²) in [6, 6.07) is 5.00. The summed E-state index contributed by atoms with van der Waals surface area (Å²) in [7, 11) is 0. The smallest absolute Gasteiger partial charge is 0.00870 e. The SMILES string of the molecule is CCCCCCCCCCCCNC(C)Cc1cccs1. The molecule has 0 aliphatic rings. The summed E-state index contributed by atoms with van der Waals surface area (Å²) in [6.07, 6.45) is 15.4. The van der Waals surface area contributed by atoms with Crippen molar-refractivity contribution in [3.63, 3.8) is 0 Å². The minimum atomic E-state index is 0.613. The molecule has 1 N–H and O–H groups in total. The van der Waals surface area contributed by atoms with Gasteiger partial charge in [-0.25, -0.2) is 0 Å². The molecule has 1 nitrogen and oxygen atoms in total. The predicted octanol–water partition coefficient (Wildman–Crippen LogP) is 6.19. The number of hydrogen-bond donors (Lipinski definition) is 1. The molecule has 0 spiro atoms. The average Bonchev–Trinajstić information content (AvgIpc) is 2.97. The van der Waals surface area contributed by atoms with Gasteiger partial charge in [0.15, 0.2) is 0 Å². The van der Waals surface area contributed by atoms with Gasteiger partial charge in [-0.2, -0.15) is 0 Å². The van der Waals surface area contributed by atoms with E-state index in [0.717, 1.165) is 0 Å². The van der Waals surface area contributed by atoms with Gasteiger partial charge in [0, 0.05) is 10.9 Å². The molecule has 0 aromatic carbocycles. The lowest BCUT2D eigenvalue weighted by Gasteiger charge is -2.12. The van der Waals surface area contributed by atoms with Crippen molar-refractivity contribution in [1.82, 2.24) is 5.32 Å². The van der Waals surface area contributed by atoms with Crippen LogP contribution in [0.3, 0.4) is 0 Å². The van der Waals surface area contributed by atoms with E-state index in [1.165, 1.54) is 82.1 Å². The van der Waals surface area contributed by atoms with Gasteiger partial charge in [-0.05, 0) is 37.8 Å². The van der Waals surface area contributed by atoms with Gasteiger partial charge < -0.3 is 5.32 Å². The molecule has 0 amide bonds. The predicted molar refractivity (Wildman–Crippen MR) is 97.3 cm³/mol. The van der Waals surface area contributed by atoms with Crippen LogP contribution in [0.15, 0.2) is 17.5 Å². The topological polar surface area (TPSA) is 12.0 Å². The molecule has 1 heterocycles. The molecule has 0 aliphatic carbocycles. The van der Waals surface area contributed by atoms with Gasteiger partial charge >= 0.3 is 0 Å². The molecule has 1 aromatic heterocycles. The Bertz CT molecular complexity index is 307. The Labute approximate surface area is 136 Å². The standard InChI is InChI=1S/C19H35NS/c1-3-4-5-6-7-8-9-10-11-12-15-20-18(2)17-19-14-13-16-21-19/h13-14,16,18,20H,3-12,15,17H2,1-2H3. The second kappa shape index (κ2) is 13.3. The first kappa shape index (κ1) is 18.7. The zero-order valence-electron chi connectivity index (χ0n) is 14.2. The van der Waals surface area contributed by atoms with Gasteiger partial charge in [0.05, 0.1) is 0 Å². The van der Waals surface area contributed by atoms with Gasteiger partial charge in [-0.1, -0.05) is 70.8 Å². The summed E-state index contributed by atoms with van der Waals surface area (Å²) in [6.45, 7) is 5.77. The molecular weight excluding hydrogens is 274 g/mol. The molecule has 0 aliphatic heterocycles. The second-order valence-corrected chi connectivity index (χ2v) is 7.35. The molecule has 0 fully saturated rings. The van der Waals surface area contributed by atoms with Crippen LogP contribution in [0.2, 0.25) is 0 Å². The van der Waals surface area contributed by atoms with Crippen LogP contribution in [0.5, 0.6) is 0 Å². The lowest BCUT2D eigenvalue weighted by molar-refractivity contribution is 0.507. The van der Waals surface area contributed by atoms with E-state index < -0.39 is 0 Å². The molecular formula is C19H35NS. The first-order valence-corrected chi connectivity index (χ1v) is 9.96. The van der Waals surface area contributed by atoms with Crippen molar-refractivity contribution in [3.8, 4) is 0 Å². The normalized spacial score (nSPS) is 12.7. The Morgan fingerprint density at radius 3 is 2.14 bits per heavy atom. The fourth-order valence-corrected chi connectivity index (χ4v) is 3.60. The molecule has 1 rings (SSSR count). The first-order chi connectivity index (χ1) is 10.3. The van der Waals surface area contributed by atoms with Crippen LogP contribution in [-0.4, -0.2) is 12.6 Å². The second-order valence-electron chi connectivity index (χ2n) is 6.32. The number of nitrogens with one attached hydrogen (secondary N) is 1. The van der Waals surface area contributed by atoms with E-state index in [9.17, 15) is 0 Å². The van der Waals surface area contributed by atoms with E-state index in [1.54, 1.807) is 0 Å². The van der Waals surface area contributed by atoms with E-state index in [-0.39, 0.29) is 0 Å². The van der Waals surface area contributed by atoms with Gasteiger partial charge in [0.2, 0.25) is 0 Å². The summed E-state index contributed by atoms with van der Waals surface area (Å²) in [5, 5.41) is 5.82. The maximum Gasteiger partial charge on any atom is 0.00870 e. The molecule has 0 saturated carbocycles. The third kappa shape index (κ3) is 11.0. The Kier molecular flexibility index (Phi) is 11.9. The van der Waals surface area contributed by atoms with Crippen LogP contribution in [0.1, 0.15) is 82.9 Å². The van der Waals surface area contributed by atoms with E-state index in [2.05, 4.69) is 36.7 Å². The number of unbranched alkanes of at least 4 members (excludes halogenated alkanes) is 9. The van der Waals surface area contributed by atoms with Crippen LogP contribution in [0.25, 0.3) is 0 Å². The van der Waals surface area contributed by atoms with Crippen LogP contribution >= 0.6 is 11.3 Å². The third-order valence-electron chi connectivity index (χ3n) is 4.11. The summed E-state index contributed by atoms with van der Waals surface area (Å²) in [5.41, 5.74) is 0. The van der Waals surface area contributed by atoms with Crippen LogP contribution in [0.4, 0.5) is 0 Å². The van der Waals surface area contributed by atoms with Gasteiger partial charge in [0.1, 0.15) is 0 Å². The fraction of sp³-hybridized carbons (Fsp3) is 0.789. The van der Waals surface area contributed by atoms with E-state index in [4.69, 9.17) is 0 Å². The maximum atomic E-state index is 3.65. The zero-order chi connectivity index (χ0) is 15.2. The van der Waals surface area contributed by atoms with E-state index in [0.29, 0.717) is 6.04 Å². The summed E-state index contributed by atoms with van der Waals surface area (Å²) in [5.74, 6) is 0. The van der Waals surface area contributed by atoms with Crippen molar-refractivity contribution in [3.05, 3.63) is 22.4 Å². The minimum Gasteiger partial charge on any atom is -0.314 e. The summed E-state index contributed by atoms with van der Waals surface area (Å²) < 4.78 is 0. The average molecular weight is 310 g/mol. The molecule has 1 unspecified atom stereocenters. The number of rotatable bonds is 14. The Hall–Kier alpha value is -0.340. The van der Waals surface area contributed by atoms with Gasteiger partial charge in [-0.3, -0.25) is 0 Å². The van der Waals surface area contributed by atoms with E-state index in [1.807, 2.05) is 11.3 Å². The van der Waals surface area contributed by atoms with Gasteiger partial charge in [-0.15, -0.1) is 11.3 Å². The van der Waals surface area contributed by atoms with Gasteiger partial charge in [0.25, 0.3) is 0 Å². The largest absolute Gasteiger partial charge is 0.314 e. The summed E-state index contributed by atoms with van der Waals surface area (Å²) in [4.78, 5) is 1.50. The van der Waals surface area contributed by atoms with Crippen molar-refractivity contribution in [2.24, 2.45) is 0 Å². The number of hydrogen-bond acceptors (Lipinski definition) is 2. The Morgan fingerprint density at radius 1 is 0.952 bits per heavy atom. The minimum absolute atomic E-state index is 0.613. The van der Waals surface area contributed by atoms with Crippen molar-refractivity contribution in [1.29, 1.82) is 0 Å². The van der Waals surface area contributed by atoms with Crippen molar-refractivity contribution >= 4 is 11.3 Å². The highest BCUT2D eigenvalue weighted by Gasteiger charge is 2.02. The monoisotopic (exact) mass is 309 g/mol.